The molecule has 0 atom stereocenters. The highest BCUT2D eigenvalue weighted by Gasteiger charge is 2.07. The minimum absolute atomic E-state index is 0.0638. The van der Waals surface area contributed by atoms with Gasteiger partial charge in [-0.1, -0.05) is 47.5 Å². The first kappa shape index (κ1) is 20.2. The maximum absolute atomic E-state index is 11.9. The number of hydrogen-bond donors (Lipinski definition) is 2. The summed E-state index contributed by atoms with van der Waals surface area (Å²) in [5, 5.41) is 14.8. The van der Waals surface area contributed by atoms with Gasteiger partial charge in [0.15, 0.2) is 0 Å². The van der Waals surface area contributed by atoms with E-state index >= 15 is 0 Å². The van der Waals surface area contributed by atoms with E-state index < -0.39 is 0 Å². The number of nitrogens with one attached hydrogen (secondary N) is 2. The maximum Gasteiger partial charge on any atom is 0.263 e. The van der Waals surface area contributed by atoms with Crippen molar-refractivity contribution in [1.82, 2.24) is 10.6 Å². The Morgan fingerprint density at radius 3 is 2.79 bits per heavy atom. The average molecular weight is 394 g/mol. The van der Waals surface area contributed by atoms with Gasteiger partial charge < -0.3 is 15.4 Å². The number of carbonyl (C=O) groups excluding carboxylic acids is 1. The Balaban J connectivity index is 2.30. The molecule has 1 rings (SSSR count). The number of benzene rings is 1. The van der Waals surface area contributed by atoms with Crippen LogP contribution in [0.25, 0.3) is 0 Å². The van der Waals surface area contributed by atoms with E-state index in [0.717, 1.165) is 35.9 Å². The molecule has 0 saturated carbocycles. The lowest BCUT2D eigenvalue weighted by atomic mass is 10.2. The largest absolute Gasteiger partial charge is 0.386 e. The Kier molecular flexibility index (Phi) is 10.6. The second kappa shape index (κ2) is 12.6. The van der Waals surface area contributed by atoms with Crippen LogP contribution in [0.15, 0.2) is 40.5 Å². The molecule has 2 N–H and O–H groups in total. The summed E-state index contributed by atoms with van der Waals surface area (Å²) in [5.74, 6) is -0.370. The van der Waals surface area contributed by atoms with Crippen LogP contribution >= 0.6 is 15.9 Å². The lowest BCUT2D eigenvalue weighted by Gasteiger charge is -2.07. The molecule has 0 radical (unpaired) electrons. The Hall–Kier alpha value is -1.84. The quantitative estimate of drug-likeness (QED) is 0.343. The molecule has 0 aromatic heterocycles. The lowest BCUT2D eigenvalue weighted by molar-refractivity contribution is -0.117. The number of halogens is 1. The molecule has 0 aliphatic heterocycles. The highest BCUT2D eigenvalue weighted by atomic mass is 79.9. The number of carbonyl (C=O) groups is 1. The third-order valence-corrected chi connectivity index (χ3v) is 4.03. The second-order valence-electron chi connectivity index (χ2n) is 5.22. The normalized spacial score (nSPS) is 11.0. The van der Waals surface area contributed by atoms with Crippen molar-refractivity contribution in [2.24, 2.45) is 0 Å². The number of ether oxygens (including phenoxy) is 1. The standard InChI is InChI=1S/C18H24BrN3O2/c1-2-3-10-24-11-6-9-22-18(23)16(12-20)14-21-13-15-7-4-5-8-17(15)19/h4-5,7-8,14,21H,2-3,6,9-11,13H2,1H3,(H,22,23)/b16-14-. The van der Waals surface area contributed by atoms with E-state index in [1.165, 1.54) is 6.20 Å². The molecule has 5 nitrogen and oxygen atoms in total. The Morgan fingerprint density at radius 2 is 2.08 bits per heavy atom. The SMILES string of the molecule is CCCCOCCCNC(=O)/C(C#N)=C\NCc1ccccc1Br. The summed E-state index contributed by atoms with van der Waals surface area (Å²) in [6.45, 7) is 4.52. The number of nitriles is 1. The van der Waals surface area contributed by atoms with Gasteiger partial charge in [-0.05, 0) is 24.5 Å². The fourth-order valence-electron chi connectivity index (χ4n) is 1.87. The Labute approximate surface area is 152 Å². The molecule has 0 saturated heterocycles. The third kappa shape index (κ3) is 8.14. The van der Waals surface area contributed by atoms with Crippen LogP contribution < -0.4 is 10.6 Å². The fourth-order valence-corrected chi connectivity index (χ4v) is 2.30. The van der Waals surface area contributed by atoms with Gasteiger partial charge >= 0.3 is 0 Å². The van der Waals surface area contributed by atoms with Crippen molar-refractivity contribution in [3.8, 4) is 6.07 Å². The van der Waals surface area contributed by atoms with Gasteiger partial charge in [-0.3, -0.25) is 4.79 Å². The minimum Gasteiger partial charge on any atom is -0.386 e. The predicted molar refractivity (Wildman–Crippen MR) is 98.0 cm³/mol. The van der Waals surface area contributed by atoms with Crippen LogP contribution in [0.1, 0.15) is 31.7 Å². The molecular weight excluding hydrogens is 370 g/mol. The summed E-state index contributed by atoms with van der Waals surface area (Å²) in [6.07, 6.45) is 4.35. The van der Waals surface area contributed by atoms with E-state index in [-0.39, 0.29) is 11.5 Å². The van der Waals surface area contributed by atoms with E-state index in [1.807, 2.05) is 30.3 Å². The van der Waals surface area contributed by atoms with Gasteiger partial charge in [-0.2, -0.15) is 5.26 Å². The van der Waals surface area contributed by atoms with E-state index in [9.17, 15) is 4.79 Å². The molecule has 6 heteroatoms. The summed E-state index contributed by atoms with van der Waals surface area (Å²) in [4.78, 5) is 11.9. The monoisotopic (exact) mass is 393 g/mol. The van der Waals surface area contributed by atoms with Crippen molar-refractivity contribution in [1.29, 1.82) is 5.26 Å². The van der Waals surface area contributed by atoms with Crippen LogP contribution in [0.2, 0.25) is 0 Å². The molecule has 0 heterocycles. The van der Waals surface area contributed by atoms with Crippen molar-refractivity contribution in [2.75, 3.05) is 19.8 Å². The third-order valence-electron chi connectivity index (χ3n) is 3.26. The molecule has 0 aliphatic carbocycles. The lowest BCUT2D eigenvalue weighted by Crippen LogP contribution is -2.27. The summed E-state index contributed by atoms with van der Waals surface area (Å²) < 4.78 is 6.40. The first-order valence-corrected chi connectivity index (χ1v) is 8.91. The smallest absolute Gasteiger partial charge is 0.263 e. The Bertz CT molecular complexity index is 582. The Morgan fingerprint density at radius 1 is 1.33 bits per heavy atom. The molecular formula is C18H24BrN3O2. The number of hydrogen-bond acceptors (Lipinski definition) is 4. The summed E-state index contributed by atoms with van der Waals surface area (Å²) in [6, 6.07) is 9.70. The maximum atomic E-state index is 11.9. The van der Waals surface area contributed by atoms with Gasteiger partial charge in [0.25, 0.3) is 5.91 Å². The number of unbranched alkanes of at least 4 members (excludes halogenated alkanes) is 1. The molecule has 130 valence electrons. The molecule has 24 heavy (non-hydrogen) atoms. The number of nitrogens with zero attached hydrogens (tertiary/aromatic N) is 1. The van der Waals surface area contributed by atoms with E-state index in [0.29, 0.717) is 19.7 Å². The summed E-state index contributed by atoms with van der Waals surface area (Å²) >= 11 is 3.46. The van der Waals surface area contributed by atoms with Gasteiger partial charge in [0.2, 0.25) is 0 Å². The zero-order valence-electron chi connectivity index (χ0n) is 14.0. The van der Waals surface area contributed by atoms with Crippen LogP contribution in [0.4, 0.5) is 0 Å². The highest BCUT2D eigenvalue weighted by molar-refractivity contribution is 9.10. The van der Waals surface area contributed by atoms with Crippen molar-refractivity contribution in [2.45, 2.75) is 32.7 Å². The van der Waals surface area contributed by atoms with Gasteiger partial charge in [0, 0.05) is 37.0 Å². The summed E-state index contributed by atoms with van der Waals surface area (Å²) in [5.41, 5.74) is 1.12. The molecule has 0 unspecified atom stereocenters. The van der Waals surface area contributed by atoms with Crippen LogP contribution in [0.3, 0.4) is 0 Å². The van der Waals surface area contributed by atoms with Crippen molar-refractivity contribution < 1.29 is 9.53 Å². The number of rotatable bonds is 11. The van der Waals surface area contributed by atoms with Crippen LogP contribution in [-0.2, 0) is 16.1 Å². The first-order valence-electron chi connectivity index (χ1n) is 8.12. The van der Waals surface area contributed by atoms with Crippen molar-refractivity contribution in [3.05, 3.63) is 46.1 Å². The predicted octanol–water partition coefficient (Wildman–Crippen LogP) is 3.27. The minimum atomic E-state index is -0.370. The molecule has 0 fully saturated rings. The molecule has 1 amide bonds. The number of amides is 1. The molecule has 0 aliphatic rings. The fraction of sp³-hybridized carbons (Fsp3) is 0.444. The molecule has 0 spiro atoms. The summed E-state index contributed by atoms with van der Waals surface area (Å²) in [7, 11) is 0. The van der Waals surface area contributed by atoms with Gasteiger partial charge in [-0.25, -0.2) is 0 Å². The average Bonchev–Trinajstić information content (AvgIpc) is 2.59. The first-order chi connectivity index (χ1) is 11.7. The van der Waals surface area contributed by atoms with Crippen LogP contribution in [0.5, 0.6) is 0 Å². The van der Waals surface area contributed by atoms with Crippen molar-refractivity contribution in [3.63, 3.8) is 0 Å². The van der Waals surface area contributed by atoms with E-state index in [4.69, 9.17) is 10.00 Å². The highest BCUT2D eigenvalue weighted by Crippen LogP contribution is 2.15. The van der Waals surface area contributed by atoms with Gasteiger partial charge in [0.1, 0.15) is 11.6 Å². The van der Waals surface area contributed by atoms with Gasteiger partial charge in [0.05, 0.1) is 0 Å². The zero-order chi connectivity index (χ0) is 17.6. The van der Waals surface area contributed by atoms with E-state index in [1.54, 1.807) is 0 Å². The molecule has 1 aromatic carbocycles. The second-order valence-corrected chi connectivity index (χ2v) is 6.07. The molecule has 1 aromatic rings. The van der Waals surface area contributed by atoms with Crippen LogP contribution in [-0.4, -0.2) is 25.7 Å². The molecule has 0 bridgehead atoms. The van der Waals surface area contributed by atoms with Crippen molar-refractivity contribution >= 4 is 21.8 Å². The zero-order valence-corrected chi connectivity index (χ0v) is 15.6. The van der Waals surface area contributed by atoms with Gasteiger partial charge in [-0.15, -0.1) is 0 Å². The topological polar surface area (TPSA) is 74.1 Å². The van der Waals surface area contributed by atoms with E-state index in [2.05, 4.69) is 33.5 Å². The van der Waals surface area contributed by atoms with Crippen LogP contribution in [0, 0.1) is 11.3 Å².